The molecule has 0 radical (unpaired) electrons. The number of rotatable bonds is 6. The topological polar surface area (TPSA) is 109 Å². The minimum atomic E-state index is -1.06. The third-order valence-electron chi connectivity index (χ3n) is 4.31. The summed E-state index contributed by atoms with van der Waals surface area (Å²) in [5, 5.41) is 12.6. The molecule has 7 heteroatoms. The number of carbonyl (C=O) groups is 3. The summed E-state index contributed by atoms with van der Waals surface area (Å²) in [7, 11) is 0. The van der Waals surface area contributed by atoms with Crippen LogP contribution in [0.3, 0.4) is 0 Å². The van der Waals surface area contributed by atoms with Crippen LogP contribution in [0.1, 0.15) is 45.1 Å². The normalized spacial score (nSPS) is 13.9. The fourth-order valence-electron chi connectivity index (χ4n) is 3.15. The second-order valence-corrected chi connectivity index (χ2v) is 7.08. The van der Waals surface area contributed by atoms with Crippen LogP contribution in [0, 0.1) is 0 Å². The Bertz CT molecular complexity index is 829. The second-order valence-electron chi connectivity index (χ2n) is 5.98. The summed E-state index contributed by atoms with van der Waals surface area (Å²) in [5.74, 6) is -3.01. The molecule has 0 spiro atoms. The van der Waals surface area contributed by atoms with Gasteiger partial charge in [-0.1, -0.05) is 30.3 Å². The van der Waals surface area contributed by atoms with Gasteiger partial charge in [0.2, 0.25) is 5.91 Å². The number of fused-ring (bicyclic) bond motifs is 1. The van der Waals surface area contributed by atoms with E-state index in [4.69, 9.17) is 5.73 Å². The highest BCUT2D eigenvalue weighted by Crippen LogP contribution is 2.39. The van der Waals surface area contributed by atoms with E-state index in [9.17, 15) is 19.5 Å². The molecule has 4 N–H and O–H groups in total. The van der Waals surface area contributed by atoms with Crippen LogP contribution in [-0.2, 0) is 22.4 Å². The van der Waals surface area contributed by atoms with E-state index < -0.39 is 23.7 Å². The summed E-state index contributed by atoms with van der Waals surface area (Å²) in [6.07, 6.45) is 2.42. The van der Waals surface area contributed by atoms with Gasteiger partial charge in [-0.25, -0.2) is 0 Å². The quantitative estimate of drug-likeness (QED) is 0.737. The van der Waals surface area contributed by atoms with Gasteiger partial charge in [-0.2, -0.15) is 0 Å². The van der Waals surface area contributed by atoms with E-state index in [0.29, 0.717) is 16.1 Å². The van der Waals surface area contributed by atoms with Crippen molar-refractivity contribution in [2.75, 3.05) is 5.32 Å². The molecule has 0 bridgehead atoms. The average molecular weight is 358 g/mol. The van der Waals surface area contributed by atoms with E-state index >= 15 is 0 Å². The van der Waals surface area contributed by atoms with E-state index in [1.54, 1.807) is 30.3 Å². The van der Waals surface area contributed by atoms with Gasteiger partial charge in [0, 0.05) is 11.3 Å². The number of primary amides is 1. The van der Waals surface area contributed by atoms with Crippen LogP contribution < -0.4 is 11.1 Å². The molecule has 6 nitrogen and oxygen atoms in total. The highest BCUT2D eigenvalue weighted by molar-refractivity contribution is 7.17. The number of nitrogens with one attached hydrogen (secondary N) is 1. The summed E-state index contributed by atoms with van der Waals surface area (Å²) in [6.45, 7) is 0. The van der Waals surface area contributed by atoms with Crippen LogP contribution in [0.25, 0.3) is 0 Å². The number of nitrogens with two attached hydrogens (primary N) is 1. The van der Waals surface area contributed by atoms with Crippen LogP contribution in [0.4, 0.5) is 5.00 Å². The summed E-state index contributed by atoms with van der Waals surface area (Å²) in [6, 6.07) is 8.62. The molecule has 1 atom stereocenters. The lowest BCUT2D eigenvalue weighted by Crippen LogP contribution is -2.22. The molecule has 25 heavy (non-hydrogen) atoms. The third-order valence-corrected chi connectivity index (χ3v) is 5.52. The number of amides is 2. The van der Waals surface area contributed by atoms with E-state index in [0.717, 1.165) is 29.7 Å². The minimum absolute atomic E-state index is 0.208. The molecule has 0 saturated heterocycles. The minimum Gasteiger partial charge on any atom is -0.481 e. The van der Waals surface area contributed by atoms with Crippen molar-refractivity contribution >= 4 is 34.1 Å². The number of hydrogen-bond donors (Lipinski definition) is 3. The highest BCUT2D eigenvalue weighted by Gasteiger charge is 2.28. The number of aryl methyl sites for hydroxylation is 1. The Morgan fingerprint density at radius 1 is 1.20 bits per heavy atom. The fraction of sp³-hybridized carbons (Fsp3) is 0.278. The smallest absolute Gasteiger partial charge is 0.311 e. The molecule has 3 rings (SSSR count). The Morgan fingerprint density at radius 3 is 2.56 bits per heavy atom. The standard InChI is InChI=1S/C18H18N2O4S/c19-16(22)15-11-7-4-8-13(11)25-17(15)20-14(21)9-12(18(23)24)10-5-2-1-3-6-10/h1-3,5-6,12H,4,7-9H2,(H2,19,22)(H,20,21)(H,23,24)/t12-/m0/s1. The Kier molecular flexibility index (Phi) is 4.85. The predicted molar refractivity (Wildman–Crippen MR) is 94.9 cm³/mol. The maximum atomic E-state index is 12.4. The van der Waals surface area contributed by atoms with Gasteiger partial charge in [0.05, 0.1) is 11.5 Å². The maximum absolute atomic E-state index is 12.4. The Morgan fingerprint density at radius 2 is 1.92 bits per heavy atom. The lowest BCUT2D eigenvalue weighted by Gasteiger charge is -2.13. The largest absolute Gasteiger partial charge is 0.481 e. The molecule has 2 aromatic rings. The first-order chi connectivity index (χ1) is 12.0. The molecule has 1 aromatic heterocycles. The van der Waals surface area contributed by atoms with Crippen molar-refractivity contribution in [3.05, 3.63) is 51.9 Å². The highest BCUT2D eigenvalue weighted by atomic mass is 32.1. The van der Waals surface area contributed by atoms with Crippen LogP contribution in [-0.4, -0.2) is 22.9 Å². The fourth-order valence-corrected chi connectivity index (χ4v) is 4.46. The van der Waals surface area contributed by atoms with Gasteiger partial charge in [-0.05, 0) is 30.4 Å². The van der Waals surface area contributed by atoms with Gasteiger partial charge >= 0.3 is 5.97 Å². The average Bonchev–Trinajstić information content (AvgIpc) is 3.13. The Hall–Kier alpha value is -2.67. The first kappa shape index (κ1) is 17.2. The number of carboxylic acid groups (broad SMARTS) is 1. The first-order valence-electron chi connectivity index (χ1n) is 7.99. The molecule has 130 valence electrons. The summed E-state index contributed by atoms with van der Waals surface area (Å²) >= 11 is 1.36. The monoisotopic (exact) mass is 358 g/mol. The van der Waals surface area contributed by atoms with Gasteiger partial charge in [0.15, 0.2) is 0 Å². The number of carbonyl (C=O) groups excluding carboxylic acids is 2. The molecule has 1 heterocycles. The molecule has 0 fully saturated rings. The van der Waals surface area contributed by atoms with Gasteiger partial charge < -0.3 is 16.2 Å². The number of benzene rings is 1. The van der Waals surface area contributed by atoms with Gasteiger partial charge in [0.25, 0.3) is 5.91 Å². The zero-order chi connectivity index (χ0) is 18.0. The molecule has 2 amide bonds. The van der Waals surface area contributed by atoms with E-state index in [1.165, 1.54) is 11.3 Å². The van der Waals surface area contributed by atoms with Crippen molar-refractivity contribution in [3.63, 3.8) is 0 Å². The van der Waals surface area contributed by atoms with Gasteiger partial charge in [0.1, 0.15) is 5.00 Å². The molecular weight excluding hydrogens is 340 g/mol. The lowest BCUT2D eigenvalue weighted by atomic mass is 9.95. The molecule has 0 saturated carbocycles. The Labute approximate surface area is 148 Å². The van der Waals surface area contributed by atoms with Crippen molar-refractivity contribution < 1.29 is 19.5 Å². The lowest BCUT2D eigenvalue weighted by molar-refractivity contribution is -0.140. The maximum Gasteiger partial charge on any atom is 0.311 e. The van der Waals surface area contributed by atoms with E-state index in [2.05, 4.69) is 5.32 Å². The molecule has 1 aromatic carbocycles. The summed E-state index contributed by atoms with van der Waals surface area (Å²) in [4.78, 5) is 36.7. The van der Waals surface area contributed by atoms with Crippen molar-refractivity contribution in [2.24, 2.45) is 5.73 Å². The number of carboxylic acids is 1. The SMILES string of the molecule is NC(=O)c1c(NC(=O)C[C@H](C(=O)O)c2ccccc2)sc2c1CCC2. The van der Waals surface area contributed by atoms with E-state index in [-0.39, 0.29) is 6.42 Å². The van der Waals surface area contributed by atoms with Crippen molar-refractivity contribution in [3.8, 4) is 0 Å². The Balaban J connectivity index is 1.79. The van der Waals surface area contributed by atoms with Crippen LogP contribution in [0.5, 0.6) is 0 Å². The summed E-state index contributed by atoms with van der Waals surface area (Å²) < 4.78 is 0. The number of thiophene rings is 1. The van der Waals surface area contributed by atoms with Gasteiger partial charge in [-0.3, -0.25) is 14.4 Å². The van der Waals surface area contributed by atoms with Crippen LogP contribution >= 0.6 is 11.3 Å². The first-order valence-corrected chi connectivity index (χ1v) is 8.81. The second kappa shape index (κ2) is 7.06. The molecule has 1 aliphatic carbocycles. The van der Waals surface area contributed by atoms with Crippen molar-refractivity contribution in [2.45, 2.75) is 31.6 Å². The molecular formula is C18H18N2O4S. The zero-order valence-electron chi connectivity index (χ0n) is 13.5. The number of anilines is 1. The molecule has 0 unspecified atom stereocenters. The number of hydrogen-bond acceptors (Lipinski definition) is 4. The molecule has 0 aliphatic heterocycles. The van der Waals surface area contributed by atoms with Crippen LogP contribution in [0.15, 0.2) is 30.3 Å². The zero-order valence-corrected chi connectivity index (χ0v) is 14.3. The number of aliphatic carboxylic acids is 1. The van der Waals surface area contributed by atoms with Crippen molar-refractivity contribution in [1.29, 1.82) is 0 Å². The molecule has 1 aliphatic rings. The summed E-state index contributed by atoms with van der Waals surface area (Å²) in [5.41, 5.74) is 7.33. The third kappa shape index (κ3) is 3.56. The van der Waals surface area contributed by atoms with Crippen LogP contribution in [0.2, 0.25) is 0 Å². The predicted octanol–water partition coefficient (Wildman–Crippen LogP) is 2.53. The van der Waals surface area contributed by atoms with Crippen molar-refractivity contribution in [1.82, 2.24) is 0 Å². The van der Waals surface area contributed by atoms with Gasteiger partial charge in [-0.15, -0.1) is 11.3 Å². The van der Waals surface area contributed by atoms with E-state index in [1.807, 2.05) is 0 Å².